The van der Waals surface area contributed by atoms with E-state index in [-0.39, 0.29) is 11.8 Å². The van der Waals surface area contributed by atoms with Crippen LogP contribution in [0.2, 0.25) is 0 Å². The molecule has 1 unspecified atom stereocenters. The minimum atomic E-state index is -0.720. The lowest BCUT2D eigenvalue weighted by molar-refractivity contribution is -0.140. The second-order valence-corrected chi connectivity index (χ2v) is 5.21. The number of carbonyl (C=O) groups is 1. The van der Waals surface area contributed by atoms with Gasteiger partial charge in [-0.05, 0) is 25.4 Å². The molecule has 0 fully saturated rings. The summed E-state index contributed by atoms with van der Waals surface area (Å²) in [5.74, 6) is -0.262. The van der Waals surface area contributed by atoms with Crippen molar-refractivity contribution in [3.05, 3.63) is 0 Å². The molecule has 0 aromatic carbocycles. The van der Waals surface area contributed by atoms with Crippen LogP contribution in [0.25, 0.3) is 0 Å². The van der Waals surface area contributed by atoms with Gasteiger partial charge in [0.1, 0.15) is 0 Å². The first-order valence-electron chi connectivity index (χ1n) is 5.06. The first-order chi connectivity index (χ1) is 6.18. The molecule has 1 N–H and O–H groups in total. The Kier molecular flexibility index (Phi) is 4.59. The number of nitrogens with zero attached hydrogens (tertiary/aromatic N) is 1. The Hall–Kier alpha value is -0.570. The third kappa shape index (κ3) is 3.66. The number of carboxylic acids is 1. The summed E-state index contributed by atoms with van der Waals surface area (Å²) in [7, 11) is 4.02. The zero-order chi connectivity index (χ0) is 11.5. The molecule has 1 atom stereocenters. The predicted molar refractivity (Wildman–Crippen MR) is 58.3 cm³/mol. The molecule has 0 saturated heterocycles. The van der Waals surface area contributed by atoms with E-state index in [1.807, 2.05) is 27.9 Å². The molecular weight excluding hydrogens is 178 g/mol. The van der Waals surface area contributed by atoms with Crippen LogP contribution in [-0.2, 0) is 4.79 Å². The molecule has 84 valence electrons. The smallest absolute Gasteiger partial charge is 0.303 e. The van der Waals surface area contributed by atoms with Crippen LogP contribution in [0, 0.1) is 11.3 Å². The van der Waals surface area contributed by atoms with E-state index in [0.717, 1.165) is 0 Å². The van der Waals surface area contributed by atoms with E-state index in [2.05, 4.69) is 18.7 Å². The van der Waals surface area contributed by atoms with Gasteiger partial charge in [0.05, 0.1) is 6.42 Å². The molecule has 3 heteroatoms. The molecule has 0 aromatic rings. The number of hydrogen-bond donors (Lipinski definition) is 1. The fourth-order valence-electron chi connectivity index (χ4n) is 2.69. The van der Waals surface area contributed by atoms with E-state index in [1.54, 1.807) is 0 Å². The molecule has 0 aromatic heterocycles. The van der Waals surface area contributed by atoms with Crippen molar-refractivity contribution >= 4 is 5.97 Å². The summed E-state index contributed by atoms with van der Waals surface area (Å²) >= 11 is 0. The van der Waals surface area contributed by atoms with Gasteiger partial charge in [-0.3, -0.25) is 4.79 Å². The molecule has 0 radical (unpaired) electrons. The fourth-order valence-corrected chi connectivity index (χ4v) is 2.69. The van der Waals surface area contributed by atoms with Gasteiger partial charge in [-0.25, -0.2) is 0 Å². The van der Waals surface area contributed by atoms with Gasteiger partial charge in [-0.2, -0.15) is 0 Å². The highest BCUT2D eigenvalue weighted by atomic mass is 16.4. The van der Waals surface area contributed by atoms with Gasteiger partial charge in [-0.1, -0.05) is 27.7 Å². The van der Waals surface area contributed by atoms with Crippen LogP contribution in [0.5, 0.6) is 0 Å². The molecular formula is C11H23NO2. The van der Waals surface area contributed by atoms with E-state index >= 15 is 0 Å². The molecule has 0 spiro atoms. The Bertz CT molecular complexity index is 189. The third-order valence-corrected chi connectivity index (χ3v) is 2.60. The summed E-state index contributed by atoms with van der Waals surface area (Å²) in [6, 6.07) is 0.290. The standard InChI is InChI=1S/C11H23NO2/c1-8(2)10(12(5)6)11(3,4)7-9(13)14/h8,10H,7H2,1-6H3,(H,13,14). The Balaban J connectivity index is 4.71. The normalized spacial score (nSPS) is 14.9. The SMILES string of the molecule is CC(C)C(N(C)C)C(C)(C)CC(=O)O. The number of hydrogen-bond acceptors (Lipinski definition) is 2. The van der Waals surface area contributed by atoms with Crippen LogP contribution in [-0.4, -0.2) is 36.1 Å². The summed E-state index contributed by atoms with van der Waals surface area (Å²) < 4.78 is 0. The van der Waals surface area contributed by atoms with Gasteiger partial charge in [0, 0.05) is 6.04 Å². The average Bonchev–Trinajstić information content (AvgIpc) is 1.77. The van der Waals surface area contributed by atoms with Crippen LogP contribution >= 0.6 is 0 Å². The van der Waals surface area contributed by atoms with Crippen molar-refractivity contribution in [2.24, 2.45) is 11.3 Å². The van der Waals surface area contributed by atoms with Gasteiger partial charge in [0.2, 0.25) is 0 Å². The molecule has 0 amide bonds. The maximum atomic E-state index is 10.7. The molecule has 0 heterocycles. The van der Waals surface area contributed by atoms with E-state index in [9.17, 15) is 4.79 Å². The van der Waals surface area contributed by atoms with Crippen LogP contribution in [0.15, 0.2) is 0 Å². The van der Waals surface area contributed by atoms with Crippen molar-refractivity contribution in [2.75, 3.05) is 14.1 Å². The van der Waals surface area contributed by atoms with Crippen molar-refractivity contribution in [3.63, 3.8) is 0 Å². The highest BCUT2D eigenvalue weighted by Gasteiger charge is 2.35. The van der Waals surface area contributed by atoms with Crippen LogP contribution in [0.1, 0.15) is 34.1 Å². The van der Waals surface area contributed by atoms with Gasteiger partial charge >= 0.3 is 5.97 Å². The lowest BCUT2D eigenvalue weighted by atomic mass is 9.75. The van der Waals surface area contributed by atoms with Gasteiger partial charge in [-0.15, -0.1) is 0 Å². The fraction of sp³-hybridized carbons (Fsp3) is 0.909. The minimum absolute atomic E-state index is 0.191. The zero-order valence-corrected chi connectivity index (χ0v) is 10.2. The second-order valence-electron chi connectivity index (χ2n) is 5.21. The van der Waals surface area contributed by atoms with E-state index in [1.165, 1.54) is 0 Å². The van der Waals surface area contributed by atoms with Crippen molar-refractivity contribution in [1.82, 2.24) is 4.90 Å². The molecule has 0 bridgehead atoms. The molecule has 0 aliphatic carbocycles. The van der Waals surface area contributed by atoms with Crippen molar-refractivity contribution in [2.45, 2.75) is 40.2 Å². The molecule has 0 aliphatic rings. The first-order valence-corrected chi connectivity index (χ1v) is 5.06. The Morgan fingerprint density at radius 2 is 1.79 bits per heavy atom. The predicted octanol–water partition coefficient (Wildman–Crippen LogP) is 2.07. The second kappa shape index (κ2) is 4.78. The topological polar surface area (TPSA) is 40.5 Å². The number of aliphatic carboxylic acids is 1. The third-order valence-electron chi connectivity index (χ3n) is 2.60. The first kappa shape index (κ1) is 13.4. The van der Waals surface area contributed by atoms with Crippen LogP contribution in [0.3, 0.4) is 0 Å². The van der Waals surface area contributed by atoms with Gasteiger partial charge in [0.25, 0.3) is 0 Å². The highest BCUT2D eigenvalue weighted by Crippen LogP contribution is 2.32. The summed E-state index contributed by atoms with van der Waals surface area (Å²) in [6.07, 6.45) is 0.216. The Labute approximate surface area is 87.1 Å². The maximum absolute atomic E-state index is 10.7. The maximum Gasteiger partial charge on any atom is 0.303 e. The number of carboxylic acid groups (broad SMARTS) is 1. The summed E-state index contributed by atoms with van der Waals surface area (Å²) in [6.45, 7) is 8.31. The molecule has 0 rings (SSSR count). The minimum Gasteiger partial charge on any atom is -0.481 e. The van der Waals surface area contributed by atoms with Gasteiger partial charge < -0.3 is 10.0 Å². The quantitative estimate of drug-likeness (QED) is 0.740. The van der Waals surface area contributed by atoms with Crippen LogP contribution in [0.4, 0.5) is 0 Å². The zero-order valence-electron chi connectivity index (χ0n) is 10.2. The highest BCUT2D eigenvalue weighted by molar-refractivity contribution is 5.67. The molecule has 14 heavy (non-hydrogen) atoms. The lowest BCUT2D eigenvalue weighted by Gasteiger charge is -2.40. The summed E-state index contributed by atoms with van der Waals surface area (Å²) in [5, 5.41) is 8.84. The van der Waals surface area contributed by atoms with Crippen molar-refractivity contribution in [1.29, 1.82) is 0 Å². The summed E-state index contributed by atoms with van der Waals surface area (Å²) in [4.78, 5) is 12.9. The van der Waals surface area contributed by atoms with Gasteiger partial charge in [0.15, 0.2) is 0 Å². The number of rotatable bonds is 5. The van der Waals surface area contributed by atoms with E-state index in [0.29, 0.717) is 12.0 Å². The average molecular weight is 201 g/mol. The monoisotopic (exact) mass is 201 g/mol. The molecule has 3 nitrogen and oxygen atoms in total. The van der Waals surface area contributed by atoms with E-state index < -0.39 is 5.97 Å². The Morgan fingerprint density at radius 1 is 1.36 bits per heavy atom. The lowest BCUT2D eigenvalue weighted by Crippen LogP contribution is -2.45. The summed E-state index contributed by atoms with van der Waals surface area (Å²) in [5.41, 5.74) is -0.191. The van der Waals surface area contributed by atoms with Crippen molar-refractivity contribution < 1.29 is 9.90 Å². The molecule has 0 saturated carbocycles. The van der Waals surface area contributed by atoms with Crippen LogP contribution < -0.4 is 0 Å². The molecule has 0 aliphatic heterocycles. The van der Waals surface area contributed by atoms with Crippen molar-refractivity contribution in [3.8, 4) is 0 Å². The largest absolute Gasteiger partial charge is 0.481 e. The Morgan fingerprint density at radius 3 is 2.00 bits per heavy atom. The van der Waals surface area contributed by atoms with E-state index in [4.69, 9.17) is 5.11 Å².